The van der Waals surface area contributed by atoms with Gasteiger partial charge < -0.3 is 4.98 Å². The van der Waals surface area contributed by atoms with Crippen LogP contribution >= 0.6 is 0 Å². The molecule has 2 aromatic carbocycles. The van der Waals surface area contributed by atoms with Crippen LogP contribution in [0.1, 0.15) is 19.9 Å². The zero-order valence-electron chi connectivity index (χ0n) is 17.9. The van der Waals surface area contributed by atoms with Crippen molar-refractivity contribution in [3.63, 3.8) is 0 Å². The van der Waals surface area contributed by atoms with Gasteiger partial charge >= 0.3 is 5.69 Å². The highest BCUT2D eigenvalue weighted by Gasteiger charge is 2.20. The van der Waals surface area contributed by atoms with E-state index in [4.69, 9.17) is 4.98 Å². The first-order chi connectivity index (χ1) is 15.5. The van der Waals surface area contributed by atoms with Crippen molar-refractivity contribution in [2.45, 2.75) is 19.9 Å². The van der Waals surface area contributed by atoms with Crippen molar-refractivity contribution in [3.8, 4) is 34.0 Å². The molecule has 0 aliphatic heterocycles. The molecule has 32 heavy (non-hydrogen) atoms. The summed E-state index contributed by atoms with van der Waals surface area (Å²) < 4.78 is 18.1. The van der Waals surface area contributed by atoms with Crippen molar-refractivity contribution < 1.29 is 4.39 Å². The molecule has 0 atom stereocenters. The number of aromatic amines is 1. The van der Waals surface area contributed by atoms with Gasteiger partial charge in [-0.2, -0.15) is 0 Å². The zero-order chi connectivity index (χ0) is 22.4. The standard InChI is InChI=1S/C24H21FN6O/c1-14(2)31-19-9-8-15(12-20(19)30(3)24(31)32)21-22(16-6-4-5-7-17(16)25)29-23(28-21)18-13-26-10-11-27-18/h4-14H,1-3H3,(H,28,29). The number of halogens is 1. The van der Waals surface area contributed by atoms with Crippen molar-refractivity contribution in [1.82, 2.24) is 29.1 Å². The monoisotopic (exact) mass is 428 g/mol. The minimum absolute atomic E-state index is 0.0275. The fraction of sp³-hybridized carbons (Fsp3) is 0.167. The molecule has 3 heterocycles. The van der Waals surface area contributed by atoms with Crippen LogP contribution in [0.4, 0.5) is 4.39 Å². The van der Waals surface area contributed by atoms with Crippen LogP contribution in [0.3, 0.4) is 0 Å². The van der Waals surface area contributed by atoms with Gasteiger partial charge in [-0.3, -0.25) is 14.1 Å². The van der Waals surface area contributed by atoms with Gasteiger partial charge in [0.25, 0.3) is 0 Å². The highest BCUT2D eigenvalue weighted by Crippen LogP contribution is 2.35. The average Bonchev–Trinajstić information content (AvgIpc) is 3.34. The first-order valence-corrected chi connectivity index (χ1v) is 10.3. The number of fused-ring (bicyclic) bond motifs is 1. The Labute approximate surface area is 183 Å². The molecule has 0 aliphatic rings. The number of H-pyrrole nitrogens is 1. The molecule has 1 N–H and O–H groups in total. The van der Waals surface area contributed by atoms with Gasteiger partial charge in [0.2, 0.25) is 0 Å². The third-order valence-corrected chi connectivity index (χ3v) is 5.53. The Morgan fingerprint density at radius 1 is 1.06 bits per heavy atom. The Balaban J connectivity index is 1.76. The zero-order valence-corrected chi connectivity index (χ0v) is 17.9. The van der Waals surface area contributed by atoms with E-state index < -0.39 is 0 Å². The summed E-state index contributed by atoms with van der Waals surface area (Å²) in [6.07, 6.45) is 4.76. The molecule has 0 radical (unpaired) electrons. The molecule has 3 aromatic heterocycles. The number of nitrogens with one attached hydrogen (secondary N) is 1. The van der Waals surface area contributed by atoms with Gasteiger partial charge in [0.05, 0.1) is 28.6 Å². The molecule has 160 valence electrons. The van der Waals surface area contributed by atoms with Crippen LogP contribution in [0, 0.1) is 5.82 Å². The quantitative estimate of drug-likeness (QED) is 0.455. The highest BCUT2D eigenvalue weighted by molar-refractivity contribution is 5.87. The molecular weight excluding hydrogens is 407 g/mol. The smallest absolute Gasteiger partial charge is 0.329 e. The van der Waals surface area contributed by atoms with E-state index >= 15 is 0 Å². The number of hydrogen-bond donors (Lipinski definition) is 1. The molecule has 0 fully saturated rings. The maximum Gasteiger partial charge on any atom is 0.329 e. The Morgan fingerprint density at radius 3 is 2.59 bits per heavy atom. The van der Waals surface area contributed by atoms with Crippen molar-refractivity contribution in [2.75, 3.05) is 0 Å². The summed E-state index contributed by atoms with van der Waals surface area (Å²) >= 11 is 0. The average molecular weight is 428 g/mol. The van der Waals surface area contributed by atoms with Gasteiger partial charge in [-0.15, -0.1) is 0 Å². The number of imidazole rings is 2. The van der Waals surface area contributed by atoms with Crippen molar-refractivity contribution in [1.29, 1.82) is 0 Å². The second kappa shape index (κ2) is 7.56. The summed E-state index contributed by atoms with van der Waals surface area (Å²) in [5, 5.41) is 0. The topological polar surface area (TPSA) is 81.4 Å². The summed E-state index contributed by atoms with van der Waals surface area (Å²) in [7, 11) is 1.75. The second-order valence-electron chi connectivity index (χ2n) is 7.89. The van der Waals surface area contributed by atoms with E-state index in [1.165, 1.54) is 6.07 Å². The molecular formula is C24H21FN6O. The van der Waals surface area contributed by atoms with Crippen LogP contribution in [-0.4, -0.2) is 29.1 Å². The molecule has 7 nitrogen and oxygen atoms in total. The molecule has 0 amide bonds. The van der Waals surface area contributed by atoms with E-state index in [1.54, 1.807) is 53.0 Å². The Morgan fingerprint density at radius 2 is 1.88 bits per heavy atom. The summed E-state index contributed by atoms with van der Waals surface area (Å²) in [6, 6.07) is 12.3. The molecule has 0 saturated carbocycles. The van der Waals surface area contributed by atoms with Crippen molar-refractivity contribution in [2.24, 2.45) is 7.05 Å². The van der Waals surface area contributed by atoms with Gasteiger partial charge in [0.1, 0.15) is 11.5 Å². The fourth-order valence-corrected chi connectivity index (χ4v) is 3.99. The molecule has 8 heteroatoms. The number of rotatable bonds is 4. The fourth-order valence-electron chi connectivity index (χ4n) is 3.99. The van der Waals surface area contributed by atoms with Crippen LogP contribution in [0.15, 0.2) is 65.8 Å². The van der Waals surface area contributed by atoms with Crippen LogP contribution in [0.5, 0.6) is 0 Å². The first-order valence-electron chi connectivity index (χ1n) is 10.3. The van der Waals surface area contributed by atoms with E-state index in [0.29, 0.717) is 28.5 Å². The van der Waals surface area contributed by atoms with Crippen LogP contribution < -0.4 is 5.69 Å². The molecule has 0 saturated heterocycles. The SMILES string of the molecule is CC(C)n1c(=O)n(C)c2cc(-c3nc(-c4cnccn4)[nH]c3-c3ccccc3F)ccc21. The molecule has 5 aromatic rings. The maximum absolute atomic E-state index is 14.7. The molecule has 0 unspecified atom stereocenters. The lowest BCUT2D eigenvalue weighted by Gasteiger charge is -2.08. The number of aromatic nitrogens is 6. The van der Waals surface area contributed by atoms with E-state index in [0.717, 1.165) is 16.6 Å². The van der Waals surface area contributed by atoms with E-state index in [-0.39, 0.29) is 17.5 Å². The minimum Gasteiger partial charge on any atom is -0.336 e. The minimum atomic E-state index is -0.359. The summed E-state index contributed by atoms with van der Waals surface area (Å²) in [5.74, 6) is 0.127. The third-order valence-electron chi connectivity index (χ3n) is 5.53. The predicted octanol–water partition coefficient (Wildman–Crippen LogP) is 4.57. The molecule has 0 spiro atoms. The lowest BCUT2D eigenvalue weighted by molar-refractivity contribution is 0.583. The maximum atomic E-state index is 14.7. The summed E-state index contributed by atoms with van der Waals surface area (Å²) in [4.78, 5) is 29.1. The number of benzene rings is 2. The van der Waals surface area contributed by atoms with Crippen molar-refractivity contribution in [3.05, 3.63) is 77.4 Å². The van der Waals surface area contributed by atoms with Crippen molar-refractivity contribution >= 4 is 11.0 Å². The lowest BCUT2D eigenvalue weighted by atomic mass is 10.0. The Kier molecular flexibility index (Phi) is 4.70. The van der Waals surface area contributed by atoms with Crippen LogP contribution in [0.25, 0.3) is 45.1 Å². The van der Waals surface area contributed by atoms with E-state index in [1.807, 2.05) is 32.0 Å². The van der Waals surface area contributed by atoms with Crippen LogP contribution in [-0.2, 0) is 7.05 Å². The molecule has 0 aliphatic carbocycles. The number of aryl methyl sites for hydroxylation is 1. The summed E-state index contributed by atoms with van der Waals surface area (Å²) in [5.41, 5.74) is 4.37. The lowest BCUT2D eigenvalue weighted by Crippen LogP contribution is -2.23. The summed E-state index contributed by atoms with van der Waals surface area (Å²) in [6.45, 7) is 3.96. The van der Waals surface area contributed by atoms with Gasteiger partial charge in [0.15, 0.2) is 5.82 Å². The van der Waals surface area contributed by atoms with Gasteiger partial charge in [-0.25, -0.2) is 19.2 Å². The largest absolute Gasteiger partial charge is 0.336 e. The molecule has 0 bridgehead atoms. The first kappa shape index (κ1) is 19.9. The number of hydrogen-bond acceptors (Lipinski definition) is 4. The van der Waals surface area contributed by atoms with Gasteiger partial charge in [0, 0.05) is 36.6 Å². The highest BCUT2D eigenvalue weighted by atomic mass is 19.1. The van der Waals surface area contributed by atoms with E-state index in [9.17, 15) is 9.18 Å². The van der Waals surface area contributed by atoms with Gasteiger partial charge in [-0.1, -0.05) is 18.2 Å². The number of nitrogens with zero attached hydrogens (tertiary/aromatic N) is 5. The normalized spacial score (nSPS) is 11.5. The Hall–Kier alpha value is -4.07. The van der Waals surface area contributed by atoms with Gasteiger partial charge in [-0.05, 0) is 38.1 Å². The Bertz CT molecular complexity index is 1500. The predicted molar refractivity (Wildman–Crippen MR) is 122 cm³/mol. The van der Waals surface area contributed by atoms with Crippen LogP contribution in [0.2, 0.25) is 0 Å². The molecule has 5 rings (SSSR count). The third kappa shape index (κ3) is 3.11. The second-order valence-corrected chi connectivity index (χ2v) is 7.89. The van der Waals surface area contributed by atoms with E-state index in [2.05, 4.69) is 15.0 Å².